The molecule has 8 heteroatoms. The van der Waals surface area contributed by atoms with Gasteiger partial charge in [0.25, 0.3) is 17.7 Å². The van der Waals surface area contributed by atoms with Gasteiger partial charge in [-0.15, -0.1) is 0 Å². The average Bonchev–Trinajstić information content (AvgIpc) is 3.52. The molecule has 0 unspecified atom stereocenters. The minimum absolute atomic E-state index is 0.120. The molecule has 2 fully saturated rings. The fourth-order valence-corrected chi connectivity index (χ4v) is 5.04. The first-order chi connectivity index (χ1) is 16.5. The monoisotopic (exact) mass is 459 g/mol. The molecule has 2 aliphatic carbocycles. The zero-order valence-electron chi connectivity index (χ0n) is 18.9. The molecule has 5 rings (SSSR count). The molecule has 0 aromatic heterocycles. The van der Waals surface area contributed by atoms with Crippen molar-refractivity contribution < 1.29 is 23.9 Å². The summed E-state index contributed by atoms with van der Waals surface area (Å²) in [5.41, 5.74) is 2.25. The van der Waals surface area contributed by atoms with Crippen molar-refractivity contribution in [3.63, 3.8) is 0 Å². The van der Waals surface area contributed by atoms with Crippen LogP contribution in [0, 0.1) is 30.6 Å². The maximum atomic E-state index is 12.9. The van der Waals surface area contributed by atoms with E-state index in [2.05, 4.69) is 10.4 Å². The van der Waals surface area contributed by atoms with Crippen molar-refractivity contribution in [2.75, 3.05) is 19.0 Å². The Labute approximate surface area is 197 Å². The van der Waals surface area contributed by atoms with Crippen LogP contribution in [0.5, 0.6) is 11.5 Å². The summed E-state index contributed by atoms with van der Waals surface area (Å²) >= 11 is 0. The van der Waals surface area contributed by atoms with Crippen LogP contribution < -0.4 is 14.8 Å². The molecular formula is C26H25N3O5. The van der Waals surface area contributed by atoms with Crippen LogP contribution in [0.2, 0.25) is 0 Å². The van der Waals surface area contributed by atoms with E-state index < -0.39 is 0 Å². The van der Waals surface area contributed by atoms with E-state index in [1.807, 2.05) is 43.3 Å². The van der Waals surface area contributed by atoms with Gasteiger partial charge in [0, 0.05) is 11.3 Å². The number of hydrogen-bond donors (Lipinski definition) is 1. The lowest BCUT2D eigenvalue weighted by atomic mass is 9.85. The van der Waals surface area contributed by atoms with Crippen molar-refractivity contribution in [3.8, 4) is 11.5 Å². The molecule has 3 aliphatic rings. The van der Waals surface area contributed by atoms with Gasteiger partial charge in [-0.2, -0.15) is 10.1 Å². The summed E-state index contributed by atoms with van der Waals surface area (Å²) in [4.78, 5) is 38.1. The lowest BCUT2D eigenvalue weighted by molar-refractivity contribution is -0.140. The highest BCUT2D eigenvalue weighted by Gasteiger charge is 2.59. The Morgan fingerprint density at radius 1 is 1.09 bits per heavy atom. The minimum atomic E-state index is -0.335. The van der Waals surface area contributed by atoms with Gasteiger partial charge in [-0.3, -0.25) is 14.4 Å². The number of aryl methyl sites for hydroxylation is 1. The molecule has 2 aromatic carbocycles. The number of imide groups is 1. The molecule has 174 valence electrons. The van der Waals surface area contributed by atoms with Gasteiger partial charge in [0.05, 0.1) is 25.2 Å². The number of nitrogens with zero attached hydrogens (tertiary/aromatic N) is 2. The number of benzene rings is 2. The van der Waals surface area contributed by atoms with Gasteiger partial charge in [0.1, 0.15) is 0 Å². The van der Waals surface area contributed by atoms with E-state index in [9.17, 15) is 14.4 Å². The Balaban J connectivity index is 1.30. The summed E-state index contributed by atoms with van der Waals surface area (Å²) in [6.07, 6.45) is 6.35. The van der Waals surface area contributed by atoms with Gasteiger partial charge in [-0.25, -0.2) is 0 Å². The third kappa shape index (κ3) is 3.85. The Hall–Kier alpha value is -3.94. The predicted molar refractivity (Wildman–Crippen MR) is 125 cm³/mol. The second-order valence-corrected chi connectivity index (χ2v) is 8.81. The Kier molecular flexibility index (Phi) is 5.65. The average molecular weight is 460 g/mol. The number of allylic oxidation sites excluding steroid dienone is 2. The number of anilines is 1. The fourth-order valence-electron chi connectivity index (χ4n) is 5.04. The highest BCUT2D eigenvalue weighted by atomic mass is 16.5. The first-order valence-corrected chi connectivity index (χ1v) is 11.2. The lowest BCUT2D eigenvalue weighted by Crippen LogP contribution is -2.28. The molecule has 8 nitrogen and oxygen atoms in total. The smallest absolute Gasteiger partial charge is 0.262 e. The molecule has 1 heterocycles. The number of para-hydroxylation sites is 1. The third-order valence-corrected chi connectivity index (χ3v) is 6.67. The standard InChI is InChI=1S/C26H25N3O5/c1-15-6-10-19(11-7-15)28-21(30)14-34-24-18(4-3-5-20(24)33-2)13-27-29-25(31)22-16-8-9-17(12-16)23(22)26(29)32/h3-11,13,16-17,22-23H,12,14H2,1-2H3,(H,28,30)/t16-,17-,22-,23+/m0/s1. The molecule has 0 radical (unpaired) electrons. The van der Waals surface area contributed by atoms with E-state index in [0.717, 1.165) is 17.0 Å². The molecule has 4 atom stereocenters. The Bertz CT molecular complexity index is 1170. The van der Waals surface area contributed by atoms with Crippen molar-refractivity contribution in [3.05, 3.63) is 65.7 Å². The molecule has 2 bridgehead atoms. The second kappa shape index (κ2) is 8.78. The van der Waals surface area contributed by atoms with Crippen LogP contribution in [0.25, 0.3) is 0 Å². The van der Waals surface area contributed by atoms with Crippen LogP contribution >= 0.6 is 0 Å². The first-order valence-electron chi connectivity index (χ1n) is 11.2. The van der Waals surface area contributed by atoms with Crippen molar-refractivity contribution in [1.29, 1.82) is 0 Å². The van der Waals surface area contributed by atoms with Crippen LogP contribution in [0.4, 0.5) is 5.69 Å². The van der Waals surface area contributed by atoms with Crippen molar-refractivity contribution in [2.45, 2.75) is 13.3 Å². The molecule has 1 aliphatic heterocycles. The molecule has 1 N–H and O–H groups in total. The minimum Gasteiger partial charge on any atom is -0.493 e. The summed E-state index contributed by atoms with van der Waals surface area (Å²) in [6, 6.07) is 12.6. The van der Waals surface area contributed by atoms with E-state index in [0.29, 0.717) is 22.7 Å². The van der Waals surface area contributed by atoms with Crippen molar-refractivity contribution >= 4 is 29.6 Å². The molecule has 34 heavy (non-hydrogen) atoms. The summed E-state index contributed by atoms with van der Waals surface area (Å²) in [7, 11) is 1.49. The molecule has 3 amide bonds. The molecule has 2 aromatic rings. The number of hydrazone groups is 1. The summed E-state index contributed by atoms with van der Waals surface area (Å²) in [5, 5.41) is 7.98. The van der Waals surface area contributed by atoms with Crippen LogP contribution in [0.15, 0.2) is 59.7 Å². The van der Waals surface area contributed by atoms with Crippen LogP contribution in [-0.2, 0) is 14.4 Å². The summed E-state index contributed by atoms with van der Waals surface area (Å²) < 4.78 is 11.2. The van der Waals surface area contributed by atoms with E-state index in [1.54, 1.807) is 18.2 Å². The summed E-state index contributed by atoms with van der Waals surface area (Å²) in [5.74, 6) is -0.532. The number of amides is 3. The Morgan fingerprint density at radius 2 is 1.76 bits per heavy atom. The first kappa shape index (κ1) is 21.9. The largest absolute Gasteiger partial charge is 0.493 e. The van der Waals surface area contributed by atoms with E-state index in [1.165, 1.54) is 13.3 Å². The molecule has 0 spiro atoms. The molecule has 1 saturated carbocycles. The predicted octanol–water partition coefficient (Wildman–Crippen LogP) is 3.16. The highest BCUT2D eigenvalue weighted by Crippen LogP contribution is 2.52. The number of rotatable bonds is 7. The topological polar surface area (TPSA) is 97.3 Å². The third-order valence-electron chi connectivity index (χ3n) is 6.67. The normalized spacial score (nSPS) is 24.7. The van der Waals surface area contributed by atoms with Gasteiger partial charge in [-0.1, -0.05) is 35.9 Å². The van der Waals surface area contributed by atoms with Gasteiger partial charge in [0.15, 0.2) is 18.1 Å². The number of carbonyl (C=O) groups is 3. The van der Waals surface area contributed by atoms with E-state index >= 15 is 0 Å². The molecule has 1 saturated heterocycles. The number of nitrogens with one attached hydrogen (secondary N) is 1. The maximum Gasteiger partial charge on any atom is 0.262 e. The van der Waals surface area contributed by atoms with Gasteiger partial charge in [0.2, 0.25) is 0 Å². The van der Waals surface area contributed by atoms with Gasteiger partial charge in [-0.05, 0) is 49.4 Å². The lowest BCUT2D eigenvalue weighted by Gasteiger charge is -2.14. The van der Waals surface area contributed by atoms with Crippen LogP contribution in [-0.4, -0.2) is 42.7 Å². The SMILES string of the molecule is COc1cccc(C=NN2C(=O)[C@@H]3[C@H](C2=O)[C@H]2C=C[C@H]3C2)c1OCC(=O)Nc1ccc(C)cc1. The summed E-state index contributed by atoms with van der Waals surface area (Å²) in [6.45, 7) is 1.71. The van der Waals surface area contributed by atoms with Crippen molar-refractivity contribution in [2.24, 2.45) is 28.8 Å². The number of carbonyl (C=O) groups excluding carboxylic acids is 3. The van der Waals surface area contributed by atoms with E-state index in [-0.39, 0.29) is 48.0 Å². The maximum absolute atomic E-state index is 12.9. The van der Waals surface area contributed by atoms with Crippen LogP contribution in [0.3, 0.4) is 0 Å². The van der Waals surface area contributed by atoms with Crippen molar-refractivity contribution in [1.82, 2.24) is 5.01 Å². The quantitative estimate of drug-likeness (QED) is 0.390. The number of hydrogen-bond acceptors (Lipinski definition) is 6. The fraction of sp³-hybridized carbons (Fsp3) is 0.308. The zero-order chi connectivity index (χ0) is 23.8. The number of fused-ring (bicyclic) bond motifs is 5. The molecular weight excluding hydrogens is 434 g/mol. The number of methoxy groups -OCH3 is 1. The number of ether oxygens (including phenoxy) is 2. The second-order valence-electron chi connectivity index (χ2n) is 8.81. The highest BCUT2D eigenvalue weighted by molar-refractivity contribution is 6.07. The van der Waals surface area contributed by atoms with Gasteiger partial charge < -0.3 is 14.8 Å². The van der Waals surface area contributed by atoms with Crippen LogP contribution in [0.1, 0.15) is 17.5 Å². The zero-order valence-corrected chi connectivity index (χ0v) is 18.9. The van der Waals surface area contributed by atoms with E-state index in [4.69, 9.17) is 9.47 Å². The Morgan fingerprint density at radius 3 is 2.41 bits per heavy atom. The van der Waals surface area contributed by atoms with Gasteiger partial charge >= 0.3 is 0 Å².